The van der Waals surface area contributed by atoms with Crippen LogP contribution >= 0.6 is 0 Å². The molecule has 23 heteroatoms. The van der Waals surface area contributed by atoms with Crippen LogP contribution in [-0.4, -0.2) is 212 Å². The fourth-order valence-corrected chi connectivity index (χ4v) is 8.93. The smallest absolute Gasteiger partial charge is 0.342 e. The van der Waals surface area contributed by atoms with Gasteiger partial charge in [0.1, 0.15) is 108 Å². The van der Waals surface area contributed by atoms with Crippen LogP contribution in [0.1, 0.15) is 110 Å². The summed E-state index contributed by atoms with van der Waals surface area (Å²) in [6.07, 6.45) is -0.811. The number of fused-ring (bicyclic) bond motifs is 16. The molecule has 0 aliphatic carbocycles. The molecule has 0 saturated heterocycles. The maximum Gasteiger partial charge on any atom is 0.342 e. The van der Waals surface area contributed by atoms with E-state index in [0.29, 0.717) is 0 Å². The molecule has 12 bridgehead atoms. The van der Waals surface area contributed by atoms with Gasteiger partial charge in [0.05, 0.1) is 5.56 Å². The molecule has 0 radical (unpaired) electrons. The zero-order valence-electron chi connectivity index (χ0n) is 43.9. The summed E-state index contributed by atoms with van der Waals surface area (Å²) in [5, 5.41) is 45.1. The molecular weight excluding hydrogens is 1030 g/mol. The normalized spacial score (nSPS) is 22.6. The summed E-state index contributed by atoms with van der Waals surface area (Å²) in [5.74, 6) is -10.1. The Balaban J connectivity index is 1.32. The van der Waals surface area contributed by atoms with Crippen LogP contribution in [0.4, 0.5) is 0 Å². The molecule has 0 fully saturated rings. The molecule has 0 amide bonds. The van der Waals surface area contributed by atoms with E-state index >= 15 is 0 Å². The third kappa shape index (κ3) is 15.6. The van der Waals surface area contributed by atoms with Crippen molar-refractivity contribution < 1.29 is 91.9 Å². The van der Waals surface area contributed by atoms with Gasteiger partial charge in [-0.3, -0.25) is 24.4 Å². The molecule has 4 aliphatic rings. The van der Waals surface area contributed by atoms with Crippen LogP contribution in [0, 0.1) is 5.92 Å². The highest BCUT2D eigenvalue weighted by molar-refractivity contribution is 6.04. The first-order valence-electron chi connectivity index (χ1n) is 25.9. The molecule has 0 saturated carbocycles. The molecule has 4 aliphatic heterocycles. The molecule has 5 atom stereocenters. The van der Waals surface area contributed by atoms with Gasteiger partial charge < -0.3 is 53.6 Å². The number of benzene rings is 4. The van der Waals surface area contributed by atoms with Crippen LogP contribution in [0.2, 0.25) is 0 Å². The number of hydrogen-bond acceptors (Lipinski definition) is 23. The lowest BCUT2D eigenvalue weighted by Gasteiger charge is -2.31. The zero-order chi connectivity index (χ0) is 56.6. The number of aromatic hydroxyl groups is 4. The van der Waals surface area contributed by atoms with E-state index in [-0.39, 0.29) is 181 Å². The summed E-state index contributed by atoms with van der Waals surface area (Å²) < 4.78 is 39.8. The molecule has 4 aromatic carbocycles. The molecule has 4 N–H and O–H groups in total. The maximum absolute atomic E-state index is 14.0. The topological polar surface area (TPSA) is 295 Å². The molecule has 422 valence electrons. The van der Waals surface area contributed by atoms with Crippen molar-refractivity contribution in [3.63, 3.8) is 0 Å². The highest BCUT2D eigenvalue weighted by Gasteiger charge is 2.29. The van der Waals surface area contributed by atoms with Crippen molar-refractivity contribution in [1.29, 1.82) is 0 Å². The molecular formula is C56H64N4O19. The predicted molar refractivity (Wildman–Crippen MR) is 277 cm³/mol. The van der Waals surface area contributed by atoms with Crippen LogP contribution in [0.3, 0.4) is 0 Å². The van der Waals surface area contributed by atoms with E-state index in [2.05, 4.69) is 0 Å². The van der Waals surface area contributed by atoms with Crippen molar-refractivity contribution >= 4 is 47.6 Å². The third-order valence-electron chi connectivity index (χ3n) is 13.6. The number of cyclic esters (lactones) is 2. The minimum Gasteiger partial charge on any atom is -0.506 e. The monoisotopic (exact) mass is 1100 g/mol. The van der Waals surface area contributed by atoms with E-state index in [1.165, 1.54) is 72.8 Å². The van der Waals surface area contributed by atoms with Crippen molar-refractivity contribution in [2.75, 3.05) is 118 Å². The van der Waals surface area contributed by atoms with Gasteiger partial charge >= 0.3 is 41.8 Å². The molecule has 0 aromatic heterocycles. The van der Waals surface area contributed by atoms with Crippen molar-refractivity contribution in [3.8, 4) is 23.0 Å². The molecule has 23 nitrogen and oxygen atoms in total. The van der Waals surface area contributed by atoms with Gasteiger partial charge in [0.15, 0.2) is 5.78 Å². The number of ether oxygens (including phenoxy) is 7. The number of Topliss-reactive ketones (excluding diaryl/α,β-unsaturated/α-hetero) is 1. The number of rotatable bonds is 1. The Morgan fingerprint density at radius 2 is 0.633 bits per heavy atom. The third-order valence-corrected chi connectivity index (χ3v) is 13.6. The minimum absolute atomic E-state index is 0.00169. The Morgan fingerprint density at radius 3 is 0.962 bits per heavy atom. The van der Waals surface area contributed by atoms with Crippen molar-refractivity contribution in [2.24, 2.45) is 5.92 Å². The van der Waals surface area contributed by atoms with Crippen LogP contribution in [0.5, 0.6) is 23.0 Å². The number of carbonyl (C=O) groups excluding carboxylic acids is 8. The Hall–Kier alpha value is -8.12. The van der Waals surface area contributed by atoms with Gasteiger partial charge in [0.25, 0.3) is 0 Å². The van der Waals surface area contributed by atoms with Crippen LogP contribution in [0.25, 0.3) is 0 Å². The molecule has 5 unspecified atom stereocenters. The van der Waals surface area contributed by atoms with E-state index in [1.54, 1.807) is 28.5 Å². The average Bonchev–Trinajstić information content (AvgIpc) is 3.46. The first-order chi connectivity index (χ1) is 38.0. The summed E-state index contributed by atoms with van der Waals surface area (Å²) in [6, 6.07) is 16.0. The summed E-state index contributed by atoms with van der Waals surface area (Å²) in [5.41, 5.74) is -2.26. The van der Waals surface area contributed by atoms with Crippen LogP contribution in [0.15, 0.2) is 72.8 Å². The van der Waals surface area contributed by atoms with Gasteiger partial charge in [-0.05, 0) is 67.4 Å². The van der Waals surface area contributed by atoms with E-state index in [4.69, 9.17) is 33.2 Å². The highest BCUT2D eigenvalue weighted by atomic mass is 16.6. The maximum atomic E-state index is 14.0. The lowest BCUT2D eigenvalue weighted by Crippen LogP contribution is -2.44. The van der Waals surface area contributed by atoms with E-state index in [9.17, 15) is 58.8 Å². The van der Waals surface area contributed by atoms with Gasteiger partial charge in [-0.15, -0.1) is 0 Å². The second-order valence-corrected chi connectivity index (χ2v) is 19.2. The SMILES string of the molecule is CC(C)C1CN2CCOC(=O)c3cccc(c3O)C(=O)OCCN(CCOC(=O)c3cccc(c3O)C(=O)O1)CCN1CCOC(=O)c3cccc(c3O)C(=O)CCCN(CCOC(=O)c3cccc(c3O)C(=O)OCC1)CC2. The quantitative estimate of drug-likeness (QED) is 0.155. The number of phenols is 4. The second-order valence-electron chi connectivity index (χ2n) is 19.2. The number of phenolic OH excluding ortho intramolecular Hbond substituents is 4. The number of carbonyl (C=O) groups is 8. The Labute approximate surface area is 455 Å². The van der Waals surface area contributed by atoms with E-state index in [1.807, 2.05) is 4.90 Å². The largest absolute Gasteiger partial charge is 0.506 e. The predicted octanol–water partition coefficient (Wildman–Crippen LogP) is 3.94. The van der Waals surface area contributed by atoms with Gasteiger partial charge in [-0.2, -0.15) is 0 Å². The lowest BCUT2D eigenvalue weighted by atomic mass is 10.0. The number of nitrogens with zero attached hydrogens (tertiary/aromatic N) is 4. The van der Waals surface area contributed by atoms with Crippen molar-refractivity contribution in [1.82, 2.24) is 19.6 Å². The summed E-state index contributed by atoms with van der Waals surface area (Å²) in [6.45, 7) is 2.58. The average molecular weight is 1100 g/mol. The second kappa shape index (κ2) is 28.0. The van der Waals surface area contributed by atoms with Crippen LogP contribution in [-0.2, 0) is 33.2 Å². The fraction of sp³-hybridized carbons (Fsp3) is 0.429. The molecule has 4 heterocycles. The summed E-state index contributed by atoms with van der Waals surface area (Å²) in [7, 11) is 0. The van der Waals surface area contributed by atoms with Gasteiger partial charge in [-0.1, -0.05) is 38.1 Å². The summed E-state index contributed by atoms with van der Waals surface area (Å²) in [4.78, 5) is 116. The summed E-state index contributed by atoms with van der Waals surface area (Å²) >= 11 is 0. The number of hydrogen-bond donors (Lipinski definition) is 4. The Morgan fingerprint density at radius 1 is 0.367 bits per heavy atom. The highest BCUT2D eigenvalue weighted by Crippen LogP contribution is 2.29. The standard InChI is InChI=1S/C56H64N4O19/c1-35(2)45-34-60-21-20-57-17-7-16-44(61)36-8-3-9-37(46(36)62)50(66)74-29-23-58(24-30-75-52(68)39-11-4-10-38(47(39)63)51(67)73-28-22-57)18-19-59(26-32-77-55(71)42-14-6-15-43(49(42)65)56(72)79-45)25-31-76-53(69)40-12-5-13-41(48(40)64)54(70)78-33-27-60/h3-6,8-15,35,45,62-65H,7,16-34H2,1-2H3. The molecule has 79 heavy (non-hydrogen) atoms. The van der Waals surface area contributed by atoms with Gasteiger partial charge in [0.2, 0.25) is 0 Å². The van der Waals surface area contributed by atoms with Crippen molar-refractivity contribution in [2.45, 2.75) is 32.8 Å². The molecule has 4 aromatic rings. The minimum atomic E-state index is -0.967. The van der Waals surface area contributed by atoms with E-state index in [0.717, 1.165) is 0 Å². The Kier molecular flexibility index (Phi) is 20.7. The van der Waals surface area contributed by atoms with Crippen molar-refractivity contribution in [3.05, 3.63) is 117 Å². The van der Waals surface area contributed by atoms with Gasteiger partial charge in [0, 0.05) is 78.4 Å². The van der Waals surface area contributed by atoms with Gasteiger partial charge in [-0.25, -0.2) is 33.6 Å². The number of esters is 7. The fourth-order valence-electron chi connectivity index (χ4n) is 8.93. The Bertz CT molecular complexity index is 2800. The first kappa shape index (κ1) is 58.6. The van der Waals surface area contributed by atoms with Crippen LogP contribution < -0.4 is 0 Å². The molecule has 0 spiro atoms. The molecule has 8 rings (SSSR count). The number of para-hydroxylation sites is 4. The number of ketones is 1. The lowest BCUT2D eigenvalue weighted by molar-refractivity contribution is 0.00133. The van der Waals surface area contributed by atoms with E-state index < -0.39 is 76.7 Å². The zero-order valence-corrected chi connectivity index (χ0v) is 43.9. The first-order valence-corrected chi connectivity index (χ1v) is 25.9.